The van der Waals surface area contributed by atoms with E-state index in [-0.39, 0.29) is 24.3 Å². The largest absolute Gasteiger partial charge is 0.416 e. The third-order valence-electron chi connectivity index (χ3n) is 3.68. The molecule has 1 aliphatic rings. The third kappa shape index (κ3) is 4.69. The Morgan fingerprint density at radius 1 is 1.43 bits per heavy atom. The first-order chi connectivity index (χ1) is 9.86. The van der Waals surface area contributed by atoms with Crippen molar-refractivity contribution in [3.8, 4) is 0 Å². The lowest BCUT2D eigenvalue weighted by Gasteiger charge is -2.29. The summed E-state index contributed by atoms with van der Waals surface area (Å²) in [5.74, 6) is 0. The zero-order valence-electron chi connectivity index (χ0n) is 11.9. The third-order valence-corrected chi connectivity index (χ3v) is 3.68. The van der Waals surface area contributed by atoms with Gasteiger partial charge < -0.3 is 15.2 Å². The van der Waals surface area contributed by atoms with Gasteiger partial charge >= 0.3 is 6.18 Å². The topological polar surface area (TPSA) is 41.5 Å². The minimum atomic E-state index is -4.39. The van der Waals surface area contributed by atoms with Gasteiger partial charge in [0.25, 0.3) is 0 Å². The van der Waals surface area contributed by atoms with Gasteiger partial charge in [0.1, 0.15) is 0 Å². The van der Waals surface area contributed by atoms with E-state index in [0.717, 1.165) is 25.0 Å². The molecule has 21 heavy (non-hydrogen) atoms. The van der Waals surface area contributed by atoms with E-state index in [9.17, 15) is 18.3 Å². The number of aliphatic hydroxyl groups excluding tert-OH is 1. The van der Waals surface area contributed by atoms with Crippen molar-refractivity contribution in [3.63, 3.8) is 0 Å². The molecule has 1 aromatic carbocycles. The quantitative estimate of drug-likeness (QED) is 0.898. The van der Waals surface area contributed by atoms with Gasteiger partial charge in [0.05, 0.1) is 17.8 Å². The van der Waals surface area contributed by atoms with Crippen LogP contribution < -0.4 is 5.32 Å². The molecule has 0 aromatic heterocycles. The second kappa shape index (κ2) is 6.77. The number of hydrogen-bond donors (Lipinski definition) is 2. The molecule has 0 aliphatic carbocycles. The Kier molecular flexibility index (Phi) is 5.24. The van der Waals surface area contributed by atoms with E-state index >= 15 is 0 Å². The van der Waals surface area contributed by atoms with E-state index in [1.54, 1.807) is 0 Å². The number of nitrogens with one attached hydrogen (secondary N) is 1. The molecule has 0 bridgehead atoms. The first-order valence-electron chi connectivity index (χ1n) is 7.06. The highest BCUT2D eigenvalue weighted by atomic mass is 19.4. The van der Waals surface area contributed by atoms with Crippen molar-refractivity contribution in [2.75, 3.05) is 13.2 Å². The van der Waals surface area contributed by atoms with Gasteiger partial charge in [-0.1, -0.05) is 12.1 Å². The lowest BCUT2D eigenvalue weighted by Crippen LogP contribution is -2.39. The SMILES string of the molecule is CC1CC(NCC(O)c2cccc(C(F)(F)F)c2)CCO1. The van der Waals surface area contributed by atoms with Crippen molar-refractivity contribution in [2.45, 2.75) is 44.2 Å². The fourth-order valence-corrected chi connectivity index (χ4v) is 2.50. The van der Waals surface area contributed by atoms with Crippen molar-refractivity contribution in [1.29, 1.82) is 0 Å². The lowest BCUT2D eigenvalue weighted by atomic mass is 10.0. The standard InChI is InChI=1S/C15H20F3NO2/c1-10-7-13(5-6-21-10)19-9-14(20)11-3-2-4-12(8-11)15(16,17)18/h2-4,8,10,13-14,19-20H,5-7,9H2,1H3. The highest BCUT2D eigenvalue weighted by Crippen LogP contribution is 2.30. The van der Waals surface area contributed by atoms with Gasteiger partial charge in [0.15, 0.2) is 0 Å². The summed E-state index contributed by atoms with van der Waals surface area (Å²) in [6, 6.07) is 5.06. The Bertz CT molecular complexity index is 464. The molecule has 1 heterocycles. The molecule has 1 fully saturated rings. The van der Waals surface area contributed by atoms with E-state index in [2.05, 4.69) is 5.32 Å². The Labute approximate surface area is 122 Å². The molecule has 3 atom stereocenters. The van der Waals surface area contributed by atoms with Crippen LogP contribution in [0.4, 0.5) is 13.2 Å². The molecule has 0 amide bonds. The van der Waals surface area contributed by atoms with Crippen LogP contribution in [0.25, 0.3) is 0 Å². The van der Waals surface area contributed by atoms with Gasteiger partial charge in [-0.05, 0) is 37.5 Å². The molecule has 3 nitrogen and oxygen atoms in total. The minimum Gasteiger partial charge on any atom is -0.387 e. The number of alkyl halides is 3. The predicted octanol–water partition coefficient (Wildman–Crippen LogP) is 2.90. The molecule has 3 unspecified atom stereocenters. The fourth-order valence-electron chi connectivity index (χ4n) is 2.50. The van der Waals surface area contributed by atoms with Crippen LogP contribution in [-0.4, -0.2) is 30.4 Å². The van der Waals surface area contributed by atoms with E-state index in [4.69, 9.17) is 4.74 Å². The minimum absolute atomic E-state index is 0.168. The number of halogens is 3. The molecular formula is C15H20F3NO2. The summed E-state index contributed by atoms with van der Waals surface area (Å²) in [4.78, 5) is 0. The molecule has 1 aliphatic heterocycles. The van der Waals surface area contributed by atoms with Crippen LogP contribution in [-0.2, 0) is 10.9 Å². The normalized spacial score (nSPS) is 24.8. The molecule has 2 N–H and O–H groups in total. The van der Waals surface area contributed by atoms with Crippen LogP contribution in [0, 0.1) is 0 Å². The number of benzene rings is 1. The predicted molar refractivity (Wildman–Crippen MR) is 72.8 cm³/mol. The van der Waals surface area contributed by atoms with Gasteiger partial charge in [0, 0.05) is 19.2 Å². The van der Waals surface area contributed by atoms with Gasteiger partial charge in [0.2, 0.25) is 0 Å². The summed E-state index contributed by atoms with van der Waals surface area (Å²) < 4.78 is 43.3. The molecular weight excluding hydrogens is 283 g/mol. The van der Waals surface area contributed by atoms with Crippen molar-refractivity contribution >= 4 is 0 Å². The molecule has 1 aromatic rings. The molecule has 0 saturated carbocycles. The maximum Gasteiger partial charge on any atom is 0.416 e. The number of ether oxygens (including phenoxy) is 1. The summed E-state index contributed by atoms with van der Waals surface area (Å²) in [5, 5.41) is 13.2. The summed E-state index contributed by atoms with van der Waals surface area (Å²) in [7, 11) is 0. The summed E-state index contributed by atoms with van der Waals surface area (Å²) in [6.07, 6.45) is -3.48. The van der Waals surface area contributed by atoms with Gasteiger partial charge in [-0.3, -0.25) is 0 Å². The summed E-state index contributed by atoms with van der Waals surface area (Å²) >= 11 is 0. The average molecular weight is 303 g/mol. The van der Waals surface area contributed by atoms with Crippen LogP contribution in [0.3, 0.4) is 0 Å². The maximum absolute atomic E-state index is 12.6. The summed E-state index contributed by atoms with van der Waals surface area (Å²) in [5.41, 5.74) is -0.462. The molecule has 0 radical (unpaired) electrons. The Hall–Kier alpha value is -1.11. The highest BCUT2D eigenvalue weighted by molar-refractivity contribution is 5.27. The van der Waals surface area contributed by atoms with E-state index in [1.807, 2.05) is 6.92 Å². The number of rotatable bonds is 4. The van der Waals surface area contributed by atoms with Crippen LogP contribution in [0.1, 0.15) is 37.0 Å². The smallest absolute Gasteiger partial charge is 0.387 e. The zero-order valence-corrected chi connectivity index (χ0v) is 11.9. The second-order valence-corrected chi connectivity index (χ2v) is 5.45. The van der Waals surface area contributed by atoms with E-state index in [0.29, 0.717) is 6.61 Å². The monoisotopic (exact) mass is 303 g/mol. The average Bonchev–Trinajstić information content (AvgIpc) is 2.44. The van der Waals surface area contributed by atoms with Crippen molar-refractivity contribution < 1.29 is 23.0 Å². The highest BCUT2D eigenvalue weighted by Gasteiger charge is 2.31. The fraction of sp³-hybridized carbons (Fsp3) is 0.600. The second-order valence-electron chi connectivity index (χ2n) is 5.45. The van der Waals surface area contributed by atoms with Crippen LogP contribution in [0.2, 0.25) is 0 Å². The van der Waals surface area contributed by atoms with Crippen molar-refractivity contribution in [3.05, 3.63) is 35.4 Å². The summed E-state index contributed by atoms with van der Waals surface area (Å²) in [6.45, 7) is 2.88. The number of hydrogen-bond acceptors (Lipinski definition) is 3. The molecule has 118 valence electrons. The van der Waals surface area contributed by atoms with Gasteiger partial charge in [-0.2, -0.15) is 13.2 Å². The molecule has 6 heteroatoms. The van der Waals surface area contributed by atoms with Crippen molar-refractivity contribution in [1.82, 2.24) is 5.32 Å². The first-order valence-corrected chi connectivity index (χ1v) is 7.06. The van der Waals surface area contributed by atoms with E-state index < -0.39 is 17.8 Å². The zero-order chi connectivity index (χ0) is 15.5. The Balaban J connectivity index is 1.92. The molecule has 0 spiro atoms. The first kappa shape index (κ1) is 16.3. The molecule has 1 saturated heterocycles. The Morgan fingerprint density at radius 2 is 2.19 bits per heavy atom. The Morgan fingerprint density at radius 3 is 2.86 bits per heavy atom. The van der Waals surface area contributed by atoms with Crippen LogP contribution in [0.15, 0.2) is 24.3 Å². The van der Waals surface area contributed by atoms with E-state index in [1.165, 1.54) is 12.1 Å². The van der Waals surface area contributed by atoms with Gasteiger partial charge in [-0.25, -0.2) is 0 Å². The van der Waals surface area contributed by atoms with Crippen LogP contribution in [0.5, 0.6) is 0 Å². The number of aliphatic hydroxyl groups is 1. The van der Waals surface area contributed by atoms with Crippen molar-refractivity contribution in [2.24, 2.45) is 0 Å². The lowest BCUT2D eigenvalue weighted by molar-refractivity contribution is -0.137. The maximum atomic E-state index is 12.6. The van der Waals surface area contributed by atoms with Gasteiger partial charge in [-0.15, -0.1) is 0 Å². The molecule has 2 rings (SSSR count). The van der Waals surface area contributed by atoms with Crippen LogP contribution >= 0.6 is 0 Å².